The Morgan fingerprint density at radius 3 is 2.67 bits per heavy atom. The molecule has 134 valence electrons. The van der Waals surface area contributed by atoms with Crippen LogP contribution in [0.5, 0.6) is 0 Å². The van der Waals surface area contributed by atoms with Crippen LogP contribution < -0.4 is 9.72 Å². The van der Waals surface area contributed by atoms with E-state index in [1.807, 2.05) is 16.5 Å². The van der Waals surface area contributed by atoms with Crippen molar-refractivity contribution in [3.63, 3.8) is 0 Å². The van der Waals surface area contributed by atoms with E-state index in [-0.39, 0.29) is 18.1 Å². The quantitative estimate of drug-likeness (QED) is 0.546. The van der Waals surface area contributed by atoms with Crippen molar-refractivity contribution in [3.05, 3.63) is 90.0 Å². The molecule has 0 aliphatic carbocycles. The van der Waals surface area contributed by atoms with Crippen molar-refractivity contribution >= 4 is 11.4 Å². The molecule has 27 heavy (non-hydrogen) atoms. The first-order valence-electron chi connectivity index (χ1n) is 8.29. The molecular formula is C20H15F2N4O+. The number of halogens is 2. The minimum absolute atomic E-state index is 0.0323. The van der Waals surface area contributed by atoms with Crippen molar-refractivity contribution in [3.8, 4) is 11.4 Å². The van der Waals surface area contributed by atoms with Crippen LogP contribution >= 0.6 is 0 Å². The molecule has 3 aromatic heterocycles. The topological polar surface area (TPSA) is 61.9 Å². The third kappa shape index (κ3) is 3.27. The van der Waals surface area contributed by atoms with Gasteiger partial charge in [-0.1, -0.05) is 6.07 Å². The van der Waals surface area contributed by atoms with Crippen LogP contribution in [0.25, 0.3) is 16.9 Å². The van der Waals surface area contributed by atoms with E-state index in [1.54, 1.807) is 24.4 Å². The molecule has 4 rings (SSSR count). The number of nitrogens with zero attached hydrogens (tertiary/aromatic N) is 2. The maximum atomic E-state index is 13.7. The van der Waals surface area contributed by atoms with Crippen LogP contribution in [0.15, 0.2) is 67.0 Å². The van der Waals surface area contributed by atoms with Crippen LogP contribution in [0.3, 0.4) is 0 Å². The van der Waals surface area contributed by atoms with Crippen LogP contribution in [0.1, 0.15) is 16.2 Å². The Morgan fingerprint density at radius 1 is 1.07 bits per heavy atom. The number of carbonyl (C=O) groups excluding carboxylic acids is 1. The van der Waals surface area contributed by atoms with Crippen molar-refractivity contribution in [2.75, 3.05) is 0 Å². The summed E-state index contributed by atoms with van der Waals surface area (Å²) in [6.07, 6.45) is 3.27. The fourth-order valence-corrected chi connectivity index (χ4v) is 2.88. The van der Waals surface area contributed by atoms with Gasteiger partial charge in [0.05, 0.1) is 24.0 Å². The van der Waals surface area contributed by atoms with Gasteiger partial charge in [-0.2, -0.15) is 4.40 Å². The monoisotopic (exact) mass is 365 g/mol. The third-order valence-corrected chi connectivity index (χ3v) is 4.20. The Kier molecular flexibility index (Phi) is 4.33. The van der Waals surface area contributed by atoms with Crippen LogP contribution in [0.2, 0.25) is 0 Å². The molecule has 7 heteroatoms. The number of H-pyrrole nitrogens is 1. The van der Waals surface area contributed by atoms with Gasteiger partial charge in [0.1, 0.15) is 11.6 Å². The SMILES string of the molecule is O=C(NCc1ncccc1F)c1[nH]c(-c2ccc(F)cc2)[n+]2ccccc12. The highest BCUT2D eigenvalue weighted by Crippen LogP contribution is 2.18. The summed E-state index contributed by atoms with van der Waals surface area (Å²) in [5.74, 6) is -0.567. The molecule has 0 atom stereocenters. The Labute approximate surface area is 153 Å². The first-order chi connectivity index (χ1) is 13.1. The minimum Gasteiger partial charge on any atom is -0.343 e. The lowest BCUT2D eigenvalue weighted by molar-refractivity contribution is -0.498. The number of hydrogen-bond acceptors (Lipinski definition) is 2. The summed E-state index contributed by atoms with van der Waals surface area (Å²) < 4.78 is 28.7. The Balaban J connectivity index is 1.68. The number of amides is 1. The van der Waals surface area contributed by atoms with Gasteiger partial charge in [-0.05, 0) is 48.5 Å². The van der Waals surface area contributed by atoms with E-state index in [0.29, 0.717) is 17.0 Å². The summed E-state index contributed by atoms with van der Waals surface area (Å²) in [4.78, 5) is 19.7. The van der Waals surface area contributed by atoms with Gasteiger partial charge in [-0.25, -0.2) is 13.8 Å². The highest BCUT2D eigenvalue weighted by atomic mass is 19.1. The molecule has 0 fully saturated rings. The molecule has 0 saturated carbocycles. The van der Waals surface area contributed by atoms with Crippen LogP contribution in [-0.2, 0) is 6.54 Å². The first-order valence-corrected chi connectivity index (χ1v) is 8.29. The molecule has 0 saturated heterocycles. The molecule has 0 spiro atoms. The number of benzene rings is 1. The molecular weight excluding hydrogens is 350 g/mol. The second-order valence-corrected chi connectivity index (χ2v) is 5.93. The van der Waals surface area contributed by atoms with Gasteiger partial charge < -0.3 is 5.32 Å². The Morgan fingerprint density at radius 2 is 1.89 bits per heavy atom. The number of carbonyl (C=O) groups is 1. The number of imidazole rings is 1. The number of rotatable bonds is 4. The number of aromatic amines is 1. The fourth-order valence-electron chi connectivity index (χ4n) is 2.88. The van der Waals surface area contributed by atoms with Gasteiger partial charge >= 0.3 is 0 Å². The largest absolute Gasteiger partial charge is 0.343 e. The molecule has 1 amide bonds. The zero-order valence-corrected chi connectivity index (χ0v) is 14.1. The van der Waals surface area contributed by atoms with E-state index in [0.717, 1.165) is 5.56 Å². The number of hydrogen-bond donors (Lipinski definition) is 2. The molecule has 0 bridgehead atoms. The second-order valence-electron chi connectivity index (χ2n) is 5.93. The number of fused-ring (bicyclic) bond motifs is 1. The van der Waals surface area contributed by atoms with Crippen LogP contribution in [0.4, 0.5) is 8.78 Å². The fraction of sp³-hybridized carbons (Fsp3) is 0.0500. The van der Waals surface area contributed by atoms with E-state index in [4.69, 9.17) is 0 Å². The van der Waals surface area contributed by atoms with Crippen LogP contribution in [0, 0.1) is 11.6 Å². The van der Waals surface area contributed by atoms with Crippen molar-refractivity contribution < 1.29 is 18.0 Å². The average Bonchev–Trinajstić information content (AvgIpc) is 3.08. The van der Waals surface area contributed by atoms with Gasteiger partial charge in [0.15, 0.2) is 5.52 Å². The maximum absolute atomic E-state index is 13.7. The van der Waals surface area contributed by atoms with Crippen LogP contribution in [-0.4, -0.2) is 15.9 Å². The lowest BCUT2D eigenvalue weighted by Gasteiger charge is -2.02. The molecule has 5 nitrogen and oxygen atoms in total. The van der Waals surface area contributed by atoms with E-state index >= 15 is 0 Å². The number of pyridine rings is 2. The predicted octanol–water partition coefficient (Wildman–Crippen LogP) is 3.02. The van der Waals surface area contributed by atoms with Crippen molar-refractivity contribution in [1.29, 1.82) is 0 Å². The van der Waals surface area contributed by atoms with E-state index < -0.39 is 11.7 Å². The van der Waals surface area contributed by atoms with E-state index in [9.17, 15) is 13.6 Å². The maximum Gasteiger partial charge on any atom is 0.295 e. The molecule has 2 N–H and O–H groups in total. The van der Waals surface area contributed by atoms with Gasteiger partial charge in [0, 0.05) is 6.20 Å². The zero-order valence-electron chi connectivity index (χ0n) is 14.1. The smallest absolute Gasteiger partial charge is 0.295 e. The van der Waals surface area contributed by atoms with E-state index in [1.165, 1.54) is 30.5 Å². The summed E-state index contributed by atoms with van der Waals surface area (Å²) in [6, 6.07) is 14.2. The summed E-state index contributed by atoms with van der Waals surface area (Å²) in [5, 5.41) is 2.68. The summed E-state index contributed by atoms with van der Waals surface area (Å²) in [5.41, 5.74) is 1.86. The van der Waals surface area contributed by atoms with Gasteiger partial charge in [0.2, 0.25) is 5.69 Å². The Bertz CT molecular complexity index is 1120. The number of nitrogens with one attached hydrogen (secondary N) is 2. The standard InChI is InChI=1S/C20H14F2N4O/c21-14-8-6-13(7-9-14)19-25-18(17-5-1-2-11-26(17)19)20(27)24-12-16-15(22)4-3-10-23-16/h1-11H,12H2,(H,24,27)/p+1. The average molecular weight is 365 g/mol. The summed E-state index contributed by atoms with van der Waals surface area (Å²) in [7, 11) is 0. The molecule has 0 unspecified atom stereocenters. The zero-order chi connectivity index (χ0) is 18.8. The van der Waals surface area contributed by atoms with Crippen molar-refractivity contribution in [2.45, 2.75) is 6.54 Å². The lowest BCUT2D eigenvalue weighted by atomic mass is 10.2. The molecule has 3 heterocycles. The molecule has 1 aromatic carbocycles. The van der Waals surface area contributed by atoms with Gasteiger partial charge in [-0.15, -0.1) is 0 Å². The minimum atomic E-state index is -0.476. The van der Waals surface area contributed by atoms with Gasteiger partial charge in [0.25, 0.3) is 11.7 Å². The molecule has 0 aliphatic rings. The normalized spacial score (nSPS) is 10.9. The van der Waals surface area contributed by atoms with Crippen molar-refractivity contribution in [1.82, 2.24) is 15.3 Å². The summed E-state index contributed by atoms with van der Waals surface area (Å²) in [6.45, 7) is -0.0323. The highest BCUT2D eigenvalue weighted by Gasteiger charge is 2.24. The number of aromatic nitrogens is 3. The lowest BCUT2D eigenvalue weighted by Crippen LogP contribution is -2.26. The molecule has 0 aliphatic heterocycles. The summed E-state index contributed by atoms with van der Waals surface area (Å²) >= 11 is 0. The highest BCUT2D eigenvalue weighted by molar-refractivity contribution is 5.98. The molecule has 4 aromatic rings. The predicted molar refractivity (Wildman–Crippen MR) is 94.7 cm³/mol. The van der Waals surface area contributed by atoms with Gasteiger partial charge in [-0.3, -0.25) is 9.78 Å². The third-order valence-electron chi connectivity index (χ3n) is 4.20. The van der Waals surface area contributed by atoms with E-state index in [2.05, 4.69) is 15.3 Å². The molecule has 0 radical (unpaired) electrons. The van der Waals surface area contributed by atoms with Crippen molar-refractivity contribution in [2.24, 2.45) is 0 Å². The Hall–Kier alpha value is -3.61. The first kappa shape index (κ1) is 16.8. The second kappa shape index (κ2) is 6.95.